The van der Waals surface area contributed by atoms with E-state index in [2.05, 4.69) is 77.1 Å². The van der Waals surface area contributed by atoms with Crippen LogP contribution in [0.1, 0.15) is 159 Å². The topological polar surface area (TPSA) is 0 Å². The summed E-state index contributed by atoms with van der Waals surface area (Å²) >= 11 is 0. The van der Waals surface area contributed by atoms with Gasteiger partial charge in [-0.3, -0.25) is 0 Å². The van der Waals surface area contributed by atoms with Gasteiger partial charge in [-0.1, -0.05) is 141 Å². The van der Waals surface area contributed by atoms with E-state index in [4.69, 9.17) is 0 Å². The Morgan fingerprint density at radius 2 is 0.721 bits per heavy atom. The molecule has 0 heterocycles. The number of hydrogen-bond acceptors (Lipinski definition) is 0. The van der Waals surface area contributed by atoms with E-state index < -0.39 is 0 Å². The van der Waals surface area contributed by atoms with Gasteiger partial charge >= 0.3 is 0 Å². The van der Waals surface area contributed by atoms with Crippen molar-refractivity contribution < 1.29 is 0 Å². The van der Waals surface area contributed by atoms with Crippen molar-refractivity contribution >= 4 is 32.3 Å². The average Bonchev–Trinajstić information content (AvgIpc) is 3.03. The lowest BCUT2D eigenvalue weighted by Crippen LogP contribution is -2.10. The third kappa shape index (κ3) is 8.04. The lowest BCUT2D eigenvalue weighted by atomic mass is 9.77. The second-order valence-electron chi connectivity index (χ2n) is 13.3. The molecule has 0 fully saturated rings. The first-order chi connectivity index (χ1) is 21.2. The molecule has 0 aliphatic rings. The molecule has 0 bridgehead atoms. The Labute approximate surface area is 265 Å². The maximum Gasteiger partial charge on any atom is -0.00583 e. The minimum Gasteiger partial charge on any atom is -0.0654 e. The van der Waals surface area contributed by atoms with Crippen molar-refractivity contribution in [2.24, 2.45) is 0 Å². The van der Waals surface area contributed by atoms with E-state index in [9.17, 15) is 0 Å². The SMILES string of the molecule is CCCCCc1c(CCCCC)c(CCCCC)c2c3c(CCCCC)cccc3c3ccccc3c2c1CCCCC. The Balaban J connectivity index is 2.19. The van der Waals surface area contributed by atoms with Crippen LogP contribution in [0, 0.1) is 0 Å². The number of aryl methyl sites for hydroxylation is 3. The molecule has 0 saturated carbocycles. The second-order valence-corrected chi connectivity index (χ2v) is 13.3. The zero-order valence-corrected chi connectivity index (χ0v) is 28.7. The number of rotatable bonds is 20. The lowest BCUT2D eigenvalue weighted by Gasteiger charge is -2.27. The van der Waals surface area contributed by atoms with Crippen LogP contribution in [-0.2, 0) is 32.1 Å². The summed E-state index contributed by atoms with van der Waals surface area (Å²) < 4.78 is 0. The van der Waals surface area contributed by atoms with Crippen molar-refractivity contribution in [1.82, 2.24) is 0 Å². The van der Waals surface area contributed by atoms with Crippen molar-refractivity contribution in [3.8, 4) is 0 Å². The van der Waals surface area contributed by atoms with Gasteiger partial charge in [0.15, 0.2) is 0 Å². The normalized spacial score (nSPS) is 11.8. The Hall–Kier alpha value is -2.34. The van der Waals surface area contributed by atoms with E-state index in [0.717, 1.165) is 0 Å². The van der Waals surface area contributed by atoms with Gasteiger partial charge < -0.3 is 0 Å². The molecule has 234 valence electrons. The van der Waals surface area contributed by atoms with Gasteiger partial charge in [-0.05, 0) is 124 Å². The molecule has 4 rings (SSSR count). The molecule has 0 radical (unpaired) electrons. The summed E-state index contributed by atoms with van der Waals surface area (Å²) in [6.45, 7) is 11.8. The fourth-order valence-corrected chi connectivity index (χ4v) is 7.73. The largest absolute Gasteiger partial charge is 0.0654 e. The molecule has 0 nitrogen and oxygen atoms in total. The maximum atomic E-state index is 2.48. The highest BCUT2D eigenvalue weighted by atomic mass is 14.3. The van der Waals surface area contributed by atoms with Gasteiger partial charge in [0.05, 0.1) is 0 Å². The number of fused-ring (bicyclic) bond motifs is 6. The predicted molar refractivity (Wildman–Crippen MR) is 195 cm³/mol. The lowest BCUT2D eigenvalue weighted by molar-refractivity contribution is 0.670. The molecule has 0 aliphatic heterocycles. The second kappa shape index (κ2) is 17.8. The van der Waals surface area contributed by atoms with Gasteiger partial charge in [0.1, 0.15) is 0 Å². The Morgan fingerprint density at radius 3 is 1.23 bits per heavy atom. The van der Waals surface area contributed by atoms with E-state index in [-0.39, 0.29) is 0 Å². The van der Waals surface area contributed by atoms with Crippen LogP contribution in [0.15, 0.2) is 42.5 Å². The predicted octanol–water partition coefficient (Wildman–Crippen LogP) is 13.8. The van der Waals surface area contributed by atoms with Crippen LogP contribution in [0.2, 0.25) is 0 Å². The number of hydrogen-bond donors (Lipinski definition) is 0. The highest BCUT2D eigenvalue weighted by Crippen LogP contribution is 2.45. The van der Waals surface area contributed by atoms with Gasteiger partial charge in [-0.25, -0.2) is 0 Å². The van der Waals surface area contributed by atoms with E-state index in [0.29, 0.717) is 0 Å². The van der Waals surface area contributed by atoms with Crippen LogP contribution in [-0.4, -0.2) is 0 Å². The third-order valence-electron chi connectivity index (χ3n) is 10.0. The Bertz CT molecular complexity index is 1420. The molecular weight excluding hydrogens is 516 g/mol. The summed E-state index contributed by atoms with van der Waals surface area (Å²) in [4.78, 5) is 0. The highest BCUT2D eigenvalue weighted by Gasteiger charge is 2.23. The van der Waals surface area contributed by atoms with Crippen LogP contribution in [0.3, 0.4) is 0 Å². The molecule has 0 heteroatoms. The molecule has 0 saturated heterocycles. The van der Waals surface area contributed by atoms with Crippen LogP contribution < -0.4 is 0 Å². The summed E-state index contributed by atoms with van der Waals surface area (Å²) in [6.07, 6.45) is 25.8. The van der Waals surface area contributed by atoms with E-state index >= 15 is 0 Å². The molecule has 43 heavy (non-hydrogen) atoms. The molecule has 0 amide bonds. The minimum atomic E-state index is 1.20. The molecule has 4 aromatic carbocycles. The van der Waals surface area contributed by atoms with Crippen molar-refractivity contribution in [2.45, 2.75) is 163 Å². The summed E-state index contributed by atoms with van der Waals surface area (Å²) in [5, 5.41) is 9.38. The number of unbranched alkanes of at least 4 members (excludes halogenated alkanes) is 10. The van der Waals surface area contributed by atoms with E-state index in [1.54, 1.807) is 44.0 Å². The van der Waals surface area contributed by atoms with Crippen LogP contribution in [0.25, 0.3) is 32.3 Å². The summed E-state index contributed by atoms with van der Waals surface area (Å²) in [7, 11) is 0. The summed E-state index contributed by atoms with van der Waals surface area (Å²) in [5.41, 5.74) is 8.61. The van der Waals surface area contributed by atoms with Crippen LogP contribution in [0.5, 0.6) is 0 Å². The van der Waals surface area contributed by atoms with E-state index in [1.807, 2.05) is 0 Å². The van der Waals surface area contributed by atoms with Gasteiger partial charge in [-0.2, -0.15) is 0 Å². The van der Waals surface area contributed by atoms with Crippen molar-refractivity contribution in [2.75, 3.05) is 0 Å². The first-order valence-corrected chi connectivity index (χ1v) is 18.6. The van der Waals surface area contributed by atoms with Crippen LogP contribution in [0.4, 0.5) is 0 Å². The monoisotopic (exact) mass is 578 g/mol. The average molecular weight is 579 g/mol. The first-order valence-electron chi connectivity index (χ1n) is 18.6. The Morgan fingerprint density at radius 1 is 0.326 bits per heavy atom. The molecular formula is C43H62. The summed E-state index contributed by atoms with van der Waals surface area (Å²) in [6, 6.07) is 16.7. The molecule has 0 unspecified atom stereocenters. The van der Waals surface area contributed by atoms with Crippen molar-refractivity contribution in [3.05, 3.63) is 70.3 Å². The van der Waals surface area contributed by atoms with Crippen LogP contribution >= 0.6 is 0 Å². The Kier molecular flexibility index (Phi) is 13.9. The van der Waals surface area contributed by atoms with Gasteiger partial charge in [0.25, 0.3) is 0 Å². The molecule has 0 spiro atoms. The van der Waals surface area contributed by atoms with Gasteiger partial charge in [0.2, 0.25) is 0 Å². The fourth-order valence-electron chi connectivity index (χ4n) is 7.73. The smallest absolute Gasteiger partial charge is 0.00583 e. The third-order valence-corrected chi connectivity index (χ3v) is 10.0. The fraction of sp³-hybridized carbons (Fsp3) is 0.581. The first kappa shape index (κ1) is 33.6. The molecule has 4 aromatic rings. The van der Waals surface area contributed by atoms with Crippen molar-refractivity contribution in [3.63, 3.8) is 0 Å². The molecule has 0 aromatic heterocycles. The van der Waals surface area contributed by atoms with E-state index in [1.165, 1.54) is 145 Å². The van der Waals surface area contributed by atoms with Crippen molar-refractivity contribution in [1.29, 1.82) is 0 Å². The minimum absolute atomic E-state index is 1.20. The molecule has 0 atom stereocenters. The summed E-state index contributed by atoms with van der Waals surface area (Å²) in [5.74, 6) is 0. The zero-order chi connectivity index (χ0) is 30.4. The number of benzene rings is 4. The highest BCUT2D eigenvalue weighted by molar-refractivity contribution is 6.28. The quantitative estimate of drug-likeness (QED) is 0.0722. The standard InChI is InChI=1S/C43H62/c1-6-11-16-24-33-25-23-32-37-36-28-21-22-31-39(36)42-38(29-19-14-9-4)34(26-17-12-7-2)35(27-18-13-8-3)40(30-20-15-10-5)43(42)41(33)37/h21-23,25,28,31-32H,6-20,24,26-27,29-30H2,1-5H3. The van der Waals surface area contributed by atoms with Gasteiger partial charge in [0, 0.05) is 0 Å². The zero-order valence-electron chi connectivity index (χ0n) is 28.7. The molecule has 0 N–H and O–H groups in total. The van der Waals surface area contributed by atoms with Gasteiger partial charge in [-0.15, -0.1) is 0 Å². The molecule has 0 aliphatic carbocycles. The maximum absolute atomic E-state index is 2.48.